The summed E-state index contributed by atoms with van der Waals surface area (Å²) in [5, 5.41) is 5.39. The summed E-state index contributed by atoms with van der Waals surface area (Å²) >= 11 is 0. The Kier molecular flexibility index (Phi) is 7.74. The molecule has 0 radical (unpaired) electrons. The van der Waals surface area contributed by atoms with Gasteiger partial charge in [-0.1, -0.05) is 170 Å². The van der Waals surface area contributed by atoms with Crippen molar-refractivity contribution in [1.82, 2.24) is 19.9 Å². The first-order chi connectivity index (χ1) is 28.2. The van der Waals surface area contributed by atoms with Crippen molar-refractivity contribution in [3.05, 3.63) is 194 Å². The average Bonchev–Trinajstić information content (AvgIpc) is 3.69. The molecule has 0 aliphatic carbocycles. The maximum atomic E-state index is 6.67. The number of para-hydroxylation sites is 1. The Morgan fingerprint density at radius 1 is 0.316 bits per heavy atom. The molecule has 0 amide bonds. The van der Waals surface area contributed by atoms with E-state index in [2.05, 4.69) is 146 Å². The lowest BCUT2D eigenvalue weighted by Gasteiger charge is -2.12. The molecular formula is C52H32N4O. The van der Waals surface area contributed by atoms with Gasteiger partial charge in [0.05, 0.1) is 22.0 Å². The van der Waals surface area contributed by atoms with Gasteiger partial charge in [0.25, 0.3) is 0 Å². The van der Waals surface area contributed by atoms with Crippen LogP contribution in [0.4, 0.5) is 0 Å². The first-order valence-electron chi connectivity index (χ1n) is 19.0. The third-order valence-electron chi connectivity index (χ3n) is 10.7. The Balaban J connectivity index is 1.03. The number of fused-ring (bicyclic) bond motifs is 7. The van der Waals surface area contributed by atoms with Crippen LogP contribution in [0.15, 0.2) is 199 Å². The molecule has 266 valence electrons. The first-order valence-corrected chi connectivity index (χ1v) is 19.0. The van der Waals surface area contributed by atoms with Crippen LogP contribution < -0.4 is 0 Å². The number of pyridine rings is 1. The smallest absolute Gasteiger partial charge is 0.164 e. The highest BCUT2D eigenvalue weighted by atomic mass is 16.3. The van der Waals surface area contributed by atoms with Gasteiger partial charge in [0, 0.05) is 27.6 Å². The molecule has 0 fully saturated rings. The Labute approximate surface area is 328 Å². The normalized spacial score (nSPS) is 11.5. The molecule has 0 N–H and O–H groups in total. The summed E-state index contributed by atoms with van der Waals surface area (Å²) in [6.45, 7) is 0. The molecule has 0 bridgehead atoms. The van der Waals surface area contributed by atoms with E-state index in [9.17, 15) is 0 Å². The highest BCUT2D eigenvalue weighted by molar-refractivity contribution is 6.25. The summed E-state index contributed by atoms with van der Waals surface area (Å²) in [5.74, 6) is 1.86. The molecule has 0 spiro atoms. The predicted molar refractivity (Wildman–Crippen MR) is 233 cm³/mol. The standard InChI is InChI=1S/C52H32N4O/c1-3-13-33(14-4-1)34-25-27-37(28-26-34)51-54-50(36-16-5-2-6-17-36)55-52(56-51)41-21-12-19-39(32-41)38-18-11-20-40(31-38)48-47-43-23-9-10-24-45(43)57-49(47)46-42-22-8-7-15-35(42)29-30-44(46)53-48/h1-32H. The minimum atomic E-state index is 0.610. The second-order valence-electron chi connectivity index (χ2n) is 14.2. The molecule has 3 aromatic heterocycles. The van der Waals surface area contributed by atoms with Crippen molar-refractivity contribution in [1.29, 1.82) is 0 Å². The van der Waals surface area contributed by atoms with Crippen LogP contribution in [0.3, 0.4) is 0 Å². The minimum Gasteiger partial charge on any atom is -0.455 e. The van der Waals surface area contributed by atoms with Crippen LogP contribution in [0.25, 0.3) is 111 Å². The van der Waals surface area contributed by atoms with Gasteiger partial charge in [-0.25, -0.2) is 19.9 Å². The number of aromatic nitrogens is 4. The van der Waals surface area contributed by atoms with E-state index in [1.54, 1.807) is 0 Å². The summed E-state index contributed by atoms with van der Waals surface area (Å²) in [6.07, 6.45) is 0. The number of rotatable bonds is 6. The minimum absolute atomic E-state index is 0.610. The van der Waals surface area contributed by atoms with Gasteiger partial charge in [-0.3, -0.25) is 0 Å². The molecule has 0 atom stereocenters. The number of hydrogen-bond donors (Lipinski definition) is 0. The summed E-state index contributed by atoms with van der Waals surface area (Å²) in [5.41, 5.74) is 11.7. The fourth-order valence-corrected chi connectivity index (χ4v) is 7.91. The van der Waals surface area contributed by atoms with E-state index >= 15 is 0 Å². The van der Waals surface area contributed by atoms with E-state index in [0.717, 1.165) is 88.3 Å². The molecule has 11 rings (SSSR count). The van der Waals surface area contributed by atoms with Crippen molar-refractivity contribution in [3.63, 3.8) is 0 Å². The number of nitrogens with zero attached hydrogens (tertiary/aromatic N) is 4. The van der Waals surface area contributed by atoms with Crippen LogP contribution in [-0.4, -0.2) is 19.9 Å². The molecule has 11 aromatic rings. The summed E-state index contributed by atoms with van der Waals surface area (Å²) < 4.78 is 6.67. The van der Waals surface area contributed by atoms with Crippen LogP contribution in [0.2, 0.25) is 0 Å². The van der Waals surface area contributed by atoms with Gasteiger partial charge in [0.1, 0.15) is 11.2 Å². The van der Waals surface area contributed by atoms with Crippen molar-refractivity contribution in [2.24, 2.45) is 0 Å². The predicted octanol–water partition coefficient (Wildman–Crippen LogP) is 13.5. The largest absolute Gasteiger partial charge is 0.455 e. The topological polar surface area (TPSA) is 64.7 Å². The van der Waals surface area contributed by atoms with E-state index < -0.39 is 0 Å². The lowest BCUT2D eigenvalue weighted by atomic mass is 9.96. The number of hydrogen-bond acceptors (Lipinski definition) is 5. The van der Waals surface area contributed by atoms with Gasteiger partial charge in [0.2, 0.25) is 0 Å². The van der Waals surface area contributed by atoms with Gasteiger partial charge in [0.15, 0.2) is 17.5 Å². The zero-order valence-corrected chi connectivity index (χ0v) is 30.7. The molecule has 0 aliphatic heterocycles. The van der Waals surface area contributed by atoms with Gasteiger partial charge in [-0.2, -0.15) is 0 Å². The molecule has 57 heavy (non-hydrogen) atoms. The second kappa shape index (κ2) is 13.5. The molecular weight excluding hydrogens is 697 g/mol. The van der Waals surface area contributed by atoms with E-state index in [-0.39, 0.29) is 0 Å². The summed E-state index contributed by atoms with van der Waals surface area (Å²) in [4.78, 5) is 20.4. The van der Waals surface area contributed by atoms with Gasteiger partial charge >= 0.3 is 0 Å². The Bertz CT molecular complexity index is 3280. The first kappa shape index (κ1) is 32.7. The molecule has 8 aromatic carbocycles. The third kappa shape index (κ3) is 5.81. The number of benzene rings is 8. The highest BCUT2D eigenvalue weighted by Gasteiger charge is 2.20. The molecule has 3 heterocycles. The van der Waals surface area contributed by atoms with Crippen LogP contribution in [0, 0.1) is 0 Å². The van der Waals surface area contributed by atoms with Crippen molar-refractivity contribution < 1.29 is 4.42 Å². The lowest BCUT2D eigenvalue weighted by Crippen LogP contribution is -2.00. The maximum Gasteiger partial charge on any atom is 0.164 e. The molecule has 0 saturated heterocycles. The zero-order valence-electron chi connectivity index (χ0n) is 30.7. The lowest BCUT2D eigenvalue weighted by molar-refractivity contribution is 0.673. The highest BCUT2D eigenvalue weighted by Crippen LogP contribution is 2.42. The summed E-state index contributed by atoms with van der Waals surface area (Å²) in [6, 6.07) is 66.8. The van der Waals surface area contributed by atoms with Crippen molar-refractivity contribution in [3.8, 4) is 67.7 Å². The Morgan fingerprint density at radius 3 is 1.56 bits per heavy atom. The summed E-state index contributed by atoms with van der Waals surface area (Å²) in [7, 11) is 0. The molecule has 0 saturated carbocycles. The zero-order chi connectivity index (χ0) is 37.7. The SMILES string of the molecule is c1ccc(-c2ccc(-c3nc(-c4ccccc4)nc(-c4cccc(-c5cccc(-c6nc7ccc8ccccc8c7c7oc8ccccc8c67)c5)c4)n3)cc2)cc1. The van der Waals surface area contributed by atoms with Crippen LogP contribution in [0.1, 0.15) is 0 Å². The van der Waals surface area contributed by atoms with E-state index in [1.165, 1.54) is 5.56 Å². The molecule has 5 nitrogen and oxygen atoms in total. The van der Waals surface area contributed by atoms with E-state index in [0.29, 0.717) is 17.5 Å². The quantitative estimate of drug-likeness (QED) is 0.160. The van der Waals surface area contributed by atoms with Crippen LogP contribution in [0.5, 0.6) is 0 Å². The van der Waals surface area contributed by atoms with Gasteiger partial charge in [-0.15, -0.1) is 0 Å². The monoisotopic (exact) mass is 728 g/mol. The molecule has 0 aliphatic rings. The van der Waals surface area contributed by atoms with Crippen molar-refractivity contribution in [2.45, 2.75) is 0 Å². The Morgan fingerprint density at radius 2 is 0.825 bits per heavy atom. The maximum absolute atomic E-state index is 6.67. The Hall–Kier alpha value is -7.76. The van der Waals surface area contributed by atoms with Crippen molar-refractivity contribution in [2.75, 3.05) is 0 Å². The second-order valence-corrected chi connectivity index (χ2v) is 14.2. The number of furan rings is 1. The van der Waals surface area contributed by atoms with E-state index in [4.69, 9.17) is 24.4 Å². The third-order valence-corrected chi connectivity index (χ3v) is 10.7. The fourth-order valence-electron chi connectivity index (χ4n) is 7.91. The average molecular weight is 729 g/mol. The van der Waals surface area contributed by atoms with E-state index in [1.807, 2.05) is 48.5 Å². The fraction of sp³-hybridized carbons (Fsp3) is 0. The van der Waals surface area contributed by atoms with Crippen LogP contribution >= 0.6 is 0 Å². The van der Waals surface area contributed by atoms with Gasteiger partial charge in [-0.05, 0) is 57.3 Å². The van der Waals surface area contributed by atoms with Crippen LogP contribution in [-0.2, 0) is 0 Å². The van der Waals surface area contributed by atoms with Crippen molar-refractivity contribution >= 4 is 43.6 Å². The molecule has 0 unspecified atom stereocenters. The van der Waals surface area contributed by atoms with Gasteiger partial charge < -0.3 is 4.42 Å². The molecule has 5 heteroatoms.